The van der Waals surface area contributed by atoms with Crippen molar-refractivity contribution in [2.75, 3.05) is 0 Å². The fourth-order valence-corrected chi connectivity index (χ4v) is 2.80. The average Bonchev–Trinajstić information content (AvgIpc) is 3.05. The molecular weight excluding hydrogens is 339 g/mol. The van der Waals surface area contributed by atoms with Gasteiger partial charge in [-0.15, -0.1) is 0 Å². The van der Waals surface area contributed by atoms with Gasteiger partial charge in [-0.1, -0.05) is 36.4 Å². The molecule has 0 saturated carbocycles. The Kier molecular flexibility index (Phi) is 4.79. The van der Waals surface area contributed by atoms with Crippen molar-refractivity contribution in [3.8, 4) is 5.75 Å². The molecule has 1 amide bonds. The van der Waals surface area contributed by atoms with E-state index in [0.717, 1.165) is 11.1 Å². The van der Waals surface area contributed by atoms with Gasteiger partial charge in [-0.25, -0.2) is 14.2 Å². The predicted octanol–water partition coefficient (Wildman–Crippen LogP) is 2.85. The zero-order valence-corrected chi connectivity index (χ0v) is 13.5. The maximum atomic E-state index is 14.1. The number of para-hydroxylation sites is 1. The van der Waals surface area contributed by atoms with Crippen LogP contribution in [-0.4, -0.2) is 32.8 Å². The fourth-order valence-electron chi connectivity index (χ4n) is 2.80. The maximum absolute atomic E-state index is 14.1. The highest BCUT2D eigenvalue weighted by Crippen LogP contribution is 2.37. The third kappa shape index (κ3) is 3.46. The number of carboxylic acid groups (broad SMARTS) is 1. The molecule has 1 aliphatic heterocycles. The number of carbonyl (C=O) groups is 2. The summed E-state index contributed by atoms with van der Waals surface area (Å²) in [6.45, 7) is 0. The molecule has 7 heteroatoms. The van der Waals surface area contributed by atoms with E-state index < -0.39 is 23.7 Å². The normalized spacial score (nSPS) is 16.7. The van der Waals surface area contributed by atoms with Crippen molar-refractivity contribution in [1.82, 2.24) is 5.01 Å². The van der Waals surface area contributed by atoms with Gasteiger partial charge in [-0.3, -0.25) is 4.79 Å². The number of carbonyl (C=O) groups excluding carboxylic acids is 1. The summed E-state index contributed by atoms with van der Waals surface area (Å²) in [5.74, 6) is -2.44. The number of carboxylic acids is 1. The molecule has 3 rings (SSSR count). The van der Waals surface area contributed by atoms with Crippen LogP contribution >= 0.6 is 0 Å². The zero-order valence-electron chi connectivity index (χ0n) is 13.5. The van der Waals surface area contributed by atoms with Gasteiger partial charge in [0.05, 0.1) is 11.8 Å². The second kappa shape index (κ2) is 7.18. The first kappa shape index (κ1) is 17.3. The second-order valence-electron chi connectivity index (χ2n) is 5.66. The number of aliphatic carboxylic acids is 1. The van der Waals surface area contributed by atoms with Gasteiger partial charge in [0.2, 0.25) is 0 Å². The summed E-state index contributed by atoms with van der Waals surface area (Å²) in [4.78, 5) is 23.1. The van der Waals surface area contributed by atoms with E-state index in [1.807, 2.05) is 0 Å². The van der Waals surface area contributed by atoms with E-state index in [0.29, 0.717) is 17.4 Å². The first-order valence-corrected chi connectivity index (χ1v) is 7.82. The minimum atomic E-state index is -1.27. The van der Waals surface area contributed by atoms with Crippen LogP contribution in [0.15, 0.2) is 65.8 Å². The monoisotopic (exact) mass is 354 g/mol. The van der Waals surface area contributed by atoms with Crippen LogP contribution in [0, 0.1) is 5.82 Å². The Balaban J connectivity index is 2.01. The minimum absolute atomic E-state index is 0.0255. The molecule has 2 aromatic rings. The topological polar surface area (TPSA) is 90.2 Å². The van der Waals surface area contributed by atoms with E-state index in [2.05, 4.69) is 5.10 Å². The lowest BCUT2D eigenvalue weighted by Crippen LogP contribution is -2.25. The SMILES string of the molecule is O=C(O)/C=C\C(=O)N1N=C(c2ccccc2F)C[C@@H]1c1ccccc1O. The highest BCUT2D eigenvalue weighted by molar-refractivity contribution is 6.04. The number of hydrogen-bond donors (Lipinski definition) is 2. The van der Waals surface area contributed by atoms with Gasteiger partial charge in [0, 0.05) is 29.7 Å². The zero-order chi connectivity index (χ0) is 18.7. The molecule has 1 atom stereocenters. The van der Waals surface area contributed by atoms with Crippen molar-refractivity contribution in [2.24, 2.45) is 5.10 Å². The number of amides is 1. The summed E-state index contributed by atoms with van der Waals surface area (Å²) in [6.07, 6.45) is 1.77. The number of nitrogens with zero attached hydrogens (tertiary/aromatic N) is 2. The number of halogens is 1. The van der Waals surface area contributed by atoms with Crippen LogP contribution in [0.5, 0.6) is 5.75 Å². The van der Waals surface area contributed by atoms with Gasteiger partial charge in [0.1, 0.15) is 11.6 Å². The highest BCUT2D eigenvalue weighted by atomic mass is 19.1. The average molecular weight is 354 g/mol. The molecule has 0 fully saturated rings. The standard InChI is InChI=1S/C19H15FN2O4/c20-14-7-3-1-5-12(14)15-11-16(13-6-2-4-8-17(13)23)22(21-15)18(24)9-10-19(25)26/h1-10,16,23H,11H2,(H,25,26)/b10-9-/t16-/m1/s1. The maximum Gasteiger partial charge on any atom is 0.328 e. The van der Waals surface area contributed by atoms with Crippen LogP contribution < -0.4 is 0 Å². The lowest BCUT2D eigenvalue weighted by atomic mass is 9.97. The molecule has 26 heavy (non-hydrogen) atoms. The molecule has 0 aromatic heterocycles. The number of phenolic OH excluding ortho intramolecular Hbond substituents is 1. The number of benzene rings is 2. The number of rotatable bonds is 4. The van der Waals surface area contributed by atoms with Crippen LogP contribution in [0.2, 0.25) is 0 Å². The third-order valence-corrected chi connectivity index (χ3v) is 3.99. The van der Waals surface area contributed by atoms with Crippen molar-refractivity contribution < 1.29 is 24.2 Å². The number of hydrogen-bond acceptors (Lipinski definition) is 4. The molecule has 2 aromatic carbocycles. The first-order valence-electron chi connectivity index (χ1n) is 7.82. The number of aromatic hydroxyl groups is 1. The third-order valence-electron chi connectivity index (χ3n) is 3.99. The molecule has 2 N–H and O–H groups in total. The molecule has 0 unspecified atom stereocenters. The Morgan fingerprint density at radius 1 is 1.12 bits per heavy atom. The van der Waals surface area contributed by atoms with Crippen LogP contribution in [0.3, 0.4) is 0 Å². The van der Waals surface area contributed by atoms with E-state index in [-0.39, 0.29) is 17.7 Å². The van der Waals surface area contributed by atoms with Crippen LogP contribution in [-0.2, 0) is 9.59 Å². The predicted molar refractivity (Wildman–Crippen MR) is 92.0 cm³/mol. The largest absolute Gasteiger partial charge is 0.508 e. The number of phenols is 1. The summed E-state index contributed by atoms with van der Waals surface area (Å²) < 4.78 is 14.1. The van der Waals surface area contributed by atoms with Crippen molar-refractivity contribution in [3.05, 3.63) is 77.6 Å². The van der Waals surface area contributed by atoms with Gasteiger partial charge >= 0.3 is 5.97 Å². The summed E-state index contributed by atoms with van der Waals surface area (Å²) in [5, 5.41) is 24.1. The van der Waals surface area contributed by atoms with Crippen LogP contribution in [0.4, 0.5) is 4.39 Å². The van der Waals surface area contributed by atoms with E-state index in [1.165, 1.54) is 12.1 Å². The summed E-state index contributed by atoms with van der Waals surface area (Å²) in [6, 6.07) is 11.8. The van der Waals surface area contributed by atoms with E-state index in [9.17, 15) is 19.1 Å². The quantitative estimate of drug-likeness (QED) is 0.826. The minimum Gasteiger partial charge on any atom is -0.508 e. The second-order valence-corrected chi connectivity index (χ2v) is 5.66. The molecule has 0 radical (unpaired) electrons. The van der Waals surface area contributed by atoms with E-state index >= 15 is 0 Å². The van der Waals surface area contributed by atoms with Crippen molar-refractivity contribution in [1.29, 1.82) is 0 Å². The highest BCUT2D eigenvalue weighted by Gasteiger charge is 2.34. The molecule has 6 nitrogen and oxygen atoms in total. The summed E-state index contributed by atoms with van der Waals surface area (Å²) in [7, 11) is 0. The van der Waals surface area contributed by atoms with Gasteiger partial charge in [0.25, 0.3) is 5.91 Å². The number of hydrazone groups is 1. The van der Waals surface area contributed by atoms with Gasteiger partial charge in [-0.2, -0.15) is 5.10 Å². The van der Waals surface area contributed by atoms with Crippen molar-refractivity contribution in [3.63, 3.8) is 0 Å². The lowest BCUT2D eigenvalue weighted by Gasteiger charge is -2.21. The summed E-state index contributed by atoms with van der Waals surface area (Å²) in [5.41, 5.74) is 1.04. The molecule has 0 saturated heterocycles. The van der Waals surface area contributed by atoms with Gasteiger partial charge in [0.15, 0.2) is 0 Å². The summed E-state index contributed by atoms with van der Waals surface area (Å²) >= 11 is 0. The smallest absolute Gasteiger partial charge is 0.328 e. The van der Waals surface area contributed by atoms with E-state index in [4.69, 9.17) is 5.11 Å². The van der Waals surface area contributed by atoms with Crippen LogP contribution in [0.25, 0.3) is 0 Å². The molecule has 0 bridgehead atoms. The first-order chi connectivity index (χ1) is 12.5. The Bertz CT molecular complexity index is 923. The van der Waals surface area contributed by atoms with Crippen molar-refractivity contribution in [2.45, 2.75) is 12.5 Å². The molecule has 1 aliphatic rings. The molecule has 1 heterocycles. The molecular formula is C19H15FN2O4. The molecule has 0 spiro atoms. The van der Waals surface area contributed by atoms with Gasteiger partial charge < -0.3 is 10.2 Å². The molecule has 0 aliphatic carbocycles. The Morgan fingerprint density at radius 2 is 1.81 bits per heavy atom. The lowest BCUT2D eigenvalue weighted by molar-refractivity contribution is -0.132. The van der Waals surface area contributed by atoms with Gasteiger partial charge in [-0.05, 0) is 12.1 Å². The van der Waals surface area contributed by atoms with Crippen LogP contribution in [0.1, 0.15) is 23.6 Å². The Labute approximate surface area is 148 Å². The Morgan fingerprint density at radius 3 is 2.50 bits per heavy atom. The fraction of sp³-hybridized carbons (Fsp3) is 0.105. The van der Waals surface area contributed by atoms with Crippen molar-refractivity contribution >= 4 is 17.6 Å². The molecule has 132 valence electrons. The van der Waals surface area contributed by atoms with E-state index in [1.54, 1.807) is 36.4 Å². The Hall–Kier alpha value is -3.48.